The summed E-state index contributed by atoms with van der Waals surface area (Å²) in [6, 6.07) is 0. The second-order valence-electron chi connectivity index (χ2n) is 3.58. The molecule has 0 spiro atoms. The monoisotopic (exact) mass is 195 g/mol. The molecule has 1 heterocycles. The topological polar surface area (TPSA) is 47.0 Å². The molecule has 0 aliphatic heterocycles. The van der Waals surface area contributed by atoms with Crippen molar-refractivity contribution in [2.75, 3.05) is 13.7 Å². The minimum atomic E-state index is 0.564. The van der Waals surface area contributed by atoms with E-state index in [0.29, 0.717) is 11.8 Å². The van der Waals surface area contributed by atoms with Crippen molar-refractivity contribution < 1.29 is 4.74 Å². The molecule has 4 heteroatoms. The molecule has 78 valence electrons. The van der Waals surface area contributed by atoms with Crippen molar-refractivity contribution in [2.45, 2.75) is 20.4 Å². The number of ether oxygens (including phenoxy) is 1. The first-order valence-corrected chi connectivity index (χ1v) is 4.78. The molecule has 4 nitrogen and oxygen atoms in total. The van der Waals surface area contributed by atoms with E-state index in [1.807, 2.05) is 0 Å². The van der Waals surface area contributed by atoms with E-state index in [4.69, 9.17) is 4.74 Å². The molecule has 0 bridgehead atoms. The van der Waals surface area contributed by atoms with Crippen LogP contribution in [0.15, 0.2) is 12.4 Å². The van der Waals surface area contributed by atoms with Gasteiger partial charge in [-0.25, -0.2) is 4.98 Å². The zero-order chi connectivity index (χ0) is 10.4. The highest BCUT2D eigenvalue weighted by molar-refractivity contribution is 5.07. The molecule has 1 aromatic rings. The molecule has 0 aliphatic rings. The second kappa shape index (κ2) is 5.54. The highest BCUT2D eigenvalue weighted by Gasteiger charge is 1.98. The van der Waals surface area contributed by atoms with Gasteiger partial charge in [0.15, 0.2) is 0 Å². The third kappa shape index (κ3) is 3.70. The van der Waals surface area contributed by atoms with Crippen LogP contribution in [-0.2, 0) is 6.54 Å². The summed E-state index contributed by atoms with van der Waals surface area (Å²) in [6.07, 6.45) is 3.35. The zero-order valence-electron chi connectivity index (χ0n) is 8.95. The van der Waals surface area contributed by atoms with E-state index in [-0.39, 0.29) is 0 Å². The molecule has 0 atom stereocenters. The first-order chi connectivity index (χ1) is 6.72. The van der Waals surface area contributed by atoms with Gasteiger partial charge in [0, 0.05) is 12.7 Å². The van der Waals surface area contributed by atoms with Crippen LogP contribution in [0.25, 0.3) is 0 Å². The van der Waals surface area contributed by atoms with Crippen molar-refractivity contribution in [1.29, 1.82) is 0 Å². The van der Waals surface area contributed by atoms with Gasteiger partial charge in [-0.1, -0.05) is 13.8 Å². The summed E-state index contributed by atoms with van der Waals surface area (Å²) in [5, 5.41) is 3.29. The molecular weight excluding hydrogens is 178 g/mol. The second-order valence-corrected chi connectivity index (χ2v) is 3.58. The van der Waals surface area contributed by atoms with Gasteiger partial charge in [-0.3, -0.25) is 4.98 Å². The fourth-order valence-corrected chi connectivity index (χ4v) is 1.06. The van der Waals surface area contributed by atoms with Crippen LogP contribution in [0, 0.1) is 5.92 Å². The maximum atomic E-state index is 4.98. The molecule has 0 amide bonds. The lowest BCUT2D eigenvalue weighted by Crippen LogP contribution is -2.19. The Labute approximate surface area is 84.7 Å². The average molecular weight is 195 g/mol. The predicted octanol–water partition coefficient (Wildman–Crippen LogP) is 1.23. The number of hydrogen-bond acceptors (Lipinski definition) is 4. The Balaban J connectivity index is 2.42. The minimum Gasteiger partial charge on any atom is -0.480 e. The van der Waals surface area contributed by atoms with E-state index >= 15 is 0 Å². The van der Waals surface area contributed by atoms with Crippen molar-refractivity contribution in [2.24, 2.45) is 5.92 Å². The summed E-state index contributed by atoms with van der Waals surface area (Å²) >= 11 is 0. The van der Waals surface area contributed by atoms with Crippen LogP contribution in [0.5, 0.6) is 5.88 Å². The van der Waals surface area contributed by atoms with Gasteiger partial charge >= 0.3 is 0 Å². The lowest BCUT2D eigenvalue weighted by molar-refractivity contribution is 0.393. The van der Waals surface area contributed by atoms with Gasteiger partial charge in [0.25, 0.3) is 0 Å². The maximum absolute atomic E-state index is 4.98. The van der Waals surface area contributed by atoms with Crippen molar-refractivity contribution in [3.05, 3.63) is 18.1 Å². The van der Waals surface area contributed by atoms with E-state index < -0.39 is 0 Å². The Morgan fingerprint density at radius 1 is 1.43 bits per heavy atom. The Kier molecular flexibility index (Phi) is 4.32. The van der Waals surface area contributed by atoms with Crippen LogP contribution in [0.3, 0.4) is 0 Å². The summed E-state index contributed by atoms with van der Waals surface area (Å²) < 4.78 is 4.98. The number of aromatic nitrogens is 2. The molecule has 0 aliphatic carbocycles. The van der Waals surface area contributed by atoms with Crippen LogP contribution < -0.4 is 10.1 Å². The molecule has 0 saturated heterocycles. The lowest BCUT2D eigenvalue weighted by Gasteiger charge is -2.07. The molecular formula is C10H17N3O. The number of nitrogens with zero attached hydrogens (tertiary/aromatic N) is 2. The van der Waals surface area contributed by atoms with Gasteiger partial charge in [0.2, 0.25) is 5.88 Å². The Hall–Kier alpha value is -1.16. The molecule has 0 saturated carbocycles. The first-order valence-electron chi connectivity index (χ1n) is 4.78. The average Bonchev–Trinajstić information content (AvgIpc) is 2.18. The predicted molar refractivity (Wildman–Crippen MR) is 55.1 cm³/mol. The quantitative estimate of drug-likeness (QED) is 0.767. The van der Waals surface area contributed by atoms with E-state index in [1.54, 1.807) is 19.5 Å². The third-order valence-corrected chi connectivity index (χ3v) is 1.73. The molecule has 0 radical (unpaired) electrons. The molecule has 14 heavy (non-hydrogen) atoms. The highest BCUT2D eigenvalue weighted by Crippen LogP contribution is 2.03. The van der Waals surface area contributed by atoms with Crippen molar-refractivity contribution in [1.82, 2.24) is 15.3 Å². The fraction of sp³-hybridized carbons (Fsp3) is 0.600. The van der Waals surface area contributed by atoms with E-state index in [1.165, 1.54) is 0 Å². The normalized spacial score (nSPS) is 10.6. The molecule has 1 aromatic heterocycles. The smallest absolute Gasteiger partial charge is 0.232 e. The van der Waals surface area contributed by atoms with Crippen molar-refractivity contribution >= 4 is 0 Å². The van der Waals surface area contributed by atoms with Gasteiger partial charge in [0.05, 0.1) is 19.0 Å². The van der Waals surface area contributed by atoms with Crippen molar-refractivity contribution in [3.63, 3.8) is 0 Å². The summed E-state index contributed by atoms with van der Waals surface area (Å²) in [7, 11) is 1.59. The largest absolute Gasteiger partial charge is 0.480 e. The fourth-order valence-electron chi connectivity index (χ4n) is 1.06. The molecule has 1 N–H and O–H groups in total. The molecule has 0 unspecified atom stereocenters. The van der Waals surface area contributed by atoms with Gasteiger partial charge in [-0.05, 0) is 12.5 Å². The van der Waals surface area contributed by atoms with Gasteiger partial charge in [0.1, 0.15) is 0 Å². The van der Waals surface area contributed by atoms with Crippen molar-refractivity contribution in [3.8, 4) is 5.88 Å². The van der Waals surface area contributed by atoms with Gasteiger partial charge < -0.3 is 10.1 Å². The number of rotatable bonds is 5. The SMILES string of the molecule is COc1cncc(CNCC(C)C)n1. The highest BCUT2D eigenvalue weighted by atomic mass is 16.5. The standard InChI is InChI=1S/C10H17N3O/c1-8(2)4-11-5-9-6-12-7-10(13-9)14-3/h6-8,11H,4-5H2,1-3H3. The molecule has 0 aromatic carbocycles. The van der Waals surface area contributed by atoms with Crippen LogP contribution in [0.1, 0.15) is 19.5 Å². The summed E-state index contributed by atoms with van der Waals surface area (Å²) in [4.78, 5) is 8.27. The number of hydrogen-bond donors (Lipinski definition) is 1. The van der Waals surface area contributed by atoms with Crippen LogP contribution in [-0.4, -0.2) is 23.6 Å². The van der Waals surface area contributed by atoms with Crippen LogP contribution in [0.4, 0.5) is 0 Å². The Morgan fingerprint density at radius 3 is 2.86 bits per heavy atom. The Morgan fingerprint density at radius 2 is 2.21 bits per heavy atom. The third-order valence-electron chi connectivity index (χ3n) is 1.73. The first kappa shape index (κ1) is 10.9. The summed E-state index contributed by atoms with van der Waals surface area (Å²) in [6.45, 7) is 6.07. The zero-order valence-corrected chi connectivity index (χ0v) is 8.95. The van der Waals surface area contributed by atoms with Crippen LogP contribution >= 0.6 is 0 Å². The molecule has 0 fully saturated rings. The maximum Gasteiger partial charge on any atom is 0.232 e. The van der Waals surface area contributed by atoms with Crippen LogP contribution in [0.2, 0.25) is 0 Å². The van der Waals surface area contributed by atoms with Gasteiger partial charge in [-0.2, -0.15) is 0 Å². The Bertz CT molecular complexity index is 276. The number of nitrogens with one attached hydrogen (secondary N) is 1. The lowest BCUT2D eigenvalue weighted by atomic mass is 10.2. The van der Waals surface area contributed by atoms with E-state index in [0.717, 1.165) is 18.8 Å². The summed E-state index contributed by atoms with van der Waals surface area (Å²) in [5.41, 5.74) is 0.907. The van der Waals surface area contributed by atoms with Gasteiger partial charge in [-0.15, -0.1) is 0 Å². The number of methoxy groups -OCH3 is 1. The molecule has 1 rings (SSSR count). The minimum absolute atomic E-state index is 0.564. The van der Waals surface area contributed by atoms with E-state index in [9.17, 15) is 0 Å². The summed E-state index contributed by atoms with van der Waals surface area (Å²) in [5.74, 6) is 1.21. The van der Waals surface area contributed by atoms with E-state index in [2.05, 4.69) is 29.1 Å².